The van der Waals surface area contributed by atoms with Crippen molar-refractivity contribution in [2.75, 3.05) is 0 Å². The van der Waals surface area contributed by atoms with E-state index in [0.717, 1.165) is 11.6 Å². The van der Waals surface area contributed by atoms with Crippen molar-refractivity contribution >= 4 is 0 Å². The lowest BCUT2D eigenvalue weighted by Crippen LogP contribution is -1.89. The van der Waals surface area contributed by atoms with Gasteiger partial charge in [0, 0.05) is 30.4 Å². The van der Waals surface area contributed by atoms with Crippen molar-refractivity contribution in [2.45, 2.75) is 6.42 Å². The Bertz CT molecular complexity index is 497. The molecule has 16 heavy (non-hydrogen) atoms. The molecular formula is C12H11NO3. The van der Waals surface area contributed by atoms with Gasteiger partial charge in [-0.25, -0.2) is 0 Å². The van der Waals surface area contributed by atoms with Gasteiger partial charge >= 0.3 is 0 Å². The minimum Gasteiger partial charge on any atom is -0.508 e. The van der Waals surface area contributed by atoms with Crippen LogP contribution in [-0.4, -0.2) is 20.3 Å². The molecule has 0 aliphatic heterocycles. The predicted octanol–water partition coefficient (Wildman–Crippen LogP) is 1.79. The van der Waals surface area contributed by atoms with Gasteiger partial charge in [-0.3, -0.25) is 4.98 Å². The summed E-state index contributed by atoms with van der Waals surface area (Å²) in [4.78, 5) is 3.96. The van der Waals surface area contributed by atoms with E-state index in [1.807, 2.05) is 6.07 Å². The Balaban J connectivity index is 2.32. The first kappa shape index (κ1) is 10.3. The summed E-state index contributed by atoms with van der Waals surface area (Å²) in [6.45, 7) is 0. The SMILES string of the molecule is Oc1cc(O)c(Cc2cccnc2)cc1O. The maximum absolute atomic E-state index is 9.59. The molecule has 0 saturated heterocycles. The Morgan fingerprint density at radius 2 is 1.75 bits per heavy atom. The van der Waals surface area contributed by atoms with Gasteiger partial charge in [-0.1, -0.05) is 6.07 Å². The predicted molar refractivity (Wildman–Crippen MR) is 58.5 cm³/mol. The zero-order chi connectivity index (χ0) is 11.5. The minimum absolute atomic E-state index is 0.0425. The zero-order valence-corrected chi connectivity index (χ0v) is 8.46. The first-order valence-corrected chi connectivity index (χ1v) is 4.79. The number of pyridine rings is 1. The number of nitrogens with zero attached hydrogens (tertiary/aromatic N) is 1. The molecule has 0 fully saturated rings. The minimum atomic E-state index is -0.326. The van der Waals surface area contributed by atoms with Gasteiger partial charge in [0.1, 0.15) is 5.75 Å². The maximum Gasteiger partial charge on any atom is 0.161 e. The third-order valence-corrected chi connectivity index (χ3v) is 2.29. The summed E-state index contributed by atoms with van der Waals surface area (Å²) in [5, 5.41) is 28.1. The topological polar surface area (TPSA) is 73.6 Å². The van der Waals surface area contributed by atoms with E-state index in [-0.39, 0.29) is 17.2 Å². The van der Waals surface area contributed by atoms with Crippen LogP contribution in [0.1, 0.15) is 11.1 Å². The lowest BCUT2D eigenvalue weighted by Gasteiger charge is -2.06. The second-order valence-electron chi connectivity index (χ2n) is 3.51. The van der Waals surface area contributed by atoms with Crippen molar-refractivity contribution in [1.82, 2.24) is 4.98 Å². The van der Waals surface area contributed by atoms with Crippen molar-refractivity contribution in [1.29, 1.82) is 0 Å². The number of aromatic hydroxyl groups is 3. The molecule has 4 nitrogen and oxygen atoms in total. The van der Waals surface area contributed by atoms with Crippen LogP contribution in [0.5, 0.6) is 17.2 Å². The number of hydrogen-bond acceptors (Lipinski definition) is 4. The van der Waals surface area contributed by atoms with E-state index < -0.39 is 0 Å². The highest BCUT2D eigenvalue weighted by Gasteiger charge is 2.08. The molecule has 0 unspecified atom stereocenters. The standard InChI is InChI=1S/C12H11NO3/c14-10-6-12(16)11(15)5-9(10)4-8-2-1-3-13-7-8/h1-3,5-7,14-16H,4H2. The molecule has 0 atom stereocenters. The molecule has 0 radical (unpaired) electrons. The van der Waals surface area contributed by atoms with Gasteiger partial charge in [0.05, 0.1) is 0 Å². The van der Waals surface area contributed by atoms with Crippen LogP contribution in [0.25, 0.3) is 0 Å². The smallest absolute Gasteiger partial charge is 0.161 e. The van der Waals surface area contributed by atoms with Gasteiger partial charge in [-0.15, -0.1) is 0 Å². The quantitative estimate of drug-likeness (QED) is 0.529. The molecule has 4 heteroatoms. The summed E-state index contributed by atoms with van der Waals surface area (Å²) in [5.41, 5.74) is 1.46. The molecule has 0 bridgehead atoms. The van der Waals surface area contributed by atoms with Crippen molar-refractivity contribution in [3.63, 3.8) is 0 Å². The number of phenolic OH excluding ortho intramolecular Hbond substituents is 3. The van der Waals surface area contributed by atoms with E-state index in [1.165, 1.54) is 6.07 Å². The molecule has 0 saturated carbocycles. The normalized spacial score (nSPS) is 10.2. The van der Waals surface area contributed by atoms with Gasteiger partial charge in [0.2, 0.25) is 0 Å². The summed E-state index contributed by atoms with van der Waals surface area (Å²) in [6, 6.07) is 6.14. The molecule has 82 valence electrons. The average molecular weight is 217 g/mol. The Kier molecular flexibility index (Phi) is 2.64. The molecule has 1 heterocycles. The number of benzene rings is 1. The first-order chi connectivity index (χ1) is 7.66. The second kappa shape index (κ2) is 4.10. The van der Waals surface area contributed by atoms with Gasteiger partial charge < -0.3 is 15.3 Å². The van der Waals surface area contributed by atoms with Gasteiger partial charge in [0.25, 0.3) is 0 Å². The van der Waals surface area contributed by atoms with Crippen molar-refractivity contribution < 1.29 is 15.3 Å². The second-order valence-corrected chi connectivity index (χ2v) is 3.51. The molecule has 0 amide bonds. The number of aromatic nitrogens is 1. The van der Waals surface area contributed by atoms with Crippen LogP contribution in [0.3, 0.4) is 0 Å². The van der Waals surface area contributed by atoms with E-state index in [9.17, 15) is 10.2 Å². The fourth-order valence-corrected chi connectivity index (χ4v) is 1.47. The molecule has 2 aromatic rings. The van der Waals surface area contributed by atoms with E-state index in [4.69, 9.17) is 5.11 Å². The van der Waals surface area contributed by atoms with Crippen molar-refractivity contribution in [3.8, 4) is 17.2 Å². The molecular weight excluding hydrogens is 206 g/mol. The van der Waals surface area contributed by atoms with Crippen molar-refractivity contribution in [2.24, 2.45) is 0 Å². The fraction of sp³-hybridized carbons (Fsp3) is 0.0833. The Labute approximate surface area is 92.5 Å². The van der Waals surface area contributed by atoms with Gasteiger partial charge in [-0.05, 0) is 17.7 Å². The van der Waals surface area contributed by atoms with Crippen LogP contribution in [0.2, 0.25) is 0 Å². The fourth-order valence-electron chi connectivity index (χ4n) is 1.47. The molecule has 0 aliphatic rings. The van der Waals surface area contributed by atoms with Crippen LogP contribution in [0, 0.1) is 0 Å². The Morgan fingerprint density at radius 3 is 2.44 bits per heavy atom. The van der Waals surface area contributed by atoms with Crippen LogP contribution in [0.15, 0.2) is 36.7 Å². The van der Waals surface area contributed by atoms with Gasteiger partial charge in [0.15, 0.2) is 11.5 Å². The molecule has 0 spiro atoms. The maximum atomic E-state index is 9.59. The third-order valence-electron chi connectivity index (χ3n) is 2.29. The highest BCUT2D eigenvalue weighted by molar-refractivity contribution is 5.49. The number of hydrogen-bond donors (Lipinski definition) is 3. The Morgan fingerprint density at radius 1 is 1.00 bits per heavy atom. The molecule has 1 aromatic carbocycles. The van der Waals surface area contributed by atoms with E-state index >= 15 is 0 Å². The van der Waals surface area contributed by atoms with E-state index in [0.29, 0.717) is 12.0 Å². The lowest BCUT2D eigenvalue weighted by molar-refractivity contribution is 0.395. The molecule has 1 aromatic heterocycles. The van der Waals surface area contributed by atoms with E-state index in [1.54, 1.807) is 18.5 Å². The molecule has 2 rings (SSSR count). The average Bonchev–Trinajstić information content (AvgIpc) is 2.27. The number of rotatable bonds is 2. The summed E-state index contributed by atoms with van der Waals surface area (Å²) in [5.74, 6) is -0.608. The first-order valence-electron chi connectivity index (χ1n) is 4.79. The lowest BCUT2D eigenvalue weighted by atomic mass is 10.1. The summed E-state index contributed by atoms with van der Waals surface area (Å²) >= 11 is 0. The monoisotopic (exact) mass is 217 g/mol. The summed E-state index contributed by atoms with van der Waals surface area (Å²) in [7, 11) is 0. The number of phenols is 3. The van der Waals surface area contributed by atoms with Crippen LogP contribution >= 0.6 is 0 Å². The van der Waals surface area contributed by atoms with Crippen LogP contribution in [0.4, 0.5) is 0 Å². The third kappa shape index (κ3) is 2.06. The van der Waals surface area contributed by atoms with Gasteiger partial charge in [-0.2, -0.15) is 0 Å². The Hall–Kier alpha value is -2.23. The molecule has 0 aliphatic carbocycles. The zero-order valence-electron chi connectivity index (χ0n) is 8.46. The van der Waals surface area contributed by atoms with Crippen LogP contribution < -0.4 is 0 Å². The highest BCUT2D eigenvalue weighted by atomic mass is 16.3. The van der Waals surface area contributed by atoms with Crippen molar-refractivity contribution in [3.05, 3.63) is 47.8 Å². The highest BCUT2D eigenvalue weighted by Crippen LogP contribution is 2.33. The summed E-state index contributed by atoms with van der Waals surface area (Å²) in [6.07, 6.45) is 3.80. The summed E-state index contributed by atoms with van der Waals surface area (Å²) < 4.78 is 0. The largest absolute Gasteiger partial charge is 0.508 e. The van der Waals surface area contributed by atoms with Crippen LogP contribution in [-0.2, 0) is 6.42 Å². The molecule has 3 N–H and O–H groups in total. The van der Waals surface area contributed by atoms with E-state index in [2.05, 4.69) is 4.98 Å².